The van der Waals surface area contributed by atoms with Gasteiger partial charge in [-0.25, -0.2) is 4.98 Å². The van der Waals surface area contributed by atoms with E-state index in [4.69, 9.17) is 0 Å². The number of nitrogens with zero attached hydrogens (tertiary/aromatic N) is 2. The highest BCUT2D eigenvalue weighted by Gasteiger charge is 2.32. The second kappa shape index (κ2) is 4.81. The molecule has 0 aliphatic carbocycles. The molecule has 1 aromatic heterocycles. The van der Waals surface area contributed by atoms with E-state index in [0.717, 1.165) is 34.3 Å². The van der Waals surface area contributed by atoms with Crippen LogP contribution in [0.15, 0.2) is 34.8 Å². The van der Waals surface area contributed by atoms with E-state index in [9.17, 15) is 4.79 Å². The predicted molar refractivity (Wildman–Crippen MR) is 79.2 cm³/mol. The Labute approximate surface area is 119 Å². The van der Waals surface area contributed by atoms with Gasteiger partial charge < -0.3 is 10.2 Å². The van der Waals surface area contributed by atoms with E-state index in [-0.39, 0.29) is 11.8 Å². The maximum atomic E-state index is 11.5. The molecule has 19 heavy (non-hydrogen) atoms. The summed E-state index contributed by atoms with van der Waals surface area (Å²) in [6.07, 6.45) is 0. The van der Waals surface area contributed by atoms with Crippen molar-refractivity contribution >= 4 is 38.6 Å². The van der Waals surface area contributed by atoms with E-state index in [1.54, 1.807) is 7.05 Å². The van der Waals surface area contributed by atoms with E-state index >= 15 is 0 Å². The van der Waals surface area contributed by atoms with Crippen LogP contribution in [0.2, 0.25) is 0 Å². The Hall–Kier alpha value is -1.62. The molecule has 2 heterocycles. The normalized spacial score (nSPS) is 15.4. The molecule has 1 saturated heterocycles. The number of nitrogens with one attached hydrogen (secondary N) is 1. The standard InChI is InChI=1S/C14H14BrN3O/c1-16-14(19)10-7-18(8-10)13-5-3-9-2-4-11(15)6-12(9)17-13/h2-6,10H,7-8H2,1H3,(H,16,19). The molecule has 5 heteroatoms. The van der Waals surface area contributed by atoms with Gasteiger partial charge in [0, 0.05) is 30.0 Å². The van der Waals surface area contributed by atoms with Crippen LogP contribution >= 0.6 is 15.9 Å². The molecule has 98 valence electrons. The molecule has 4 nitrogen and oxygen atoms in total. The summed E-state index contributed by atoms with van der Waals surface area (Å²) >= 11 is 3.46. The summed E-state index contributed by atoms with van der Waals surface area (Å²) < 4.78 is 1.02. The summed E-state index contributed by atoms with van der Waals surface area (Å²) in [5, 5.41) is 3.80. The van der Waals surface area contributed by atoms with Gasteiger partial charge in [0.05, 0.1) is 11.4 Å². The molecule has 1 aromatic carbocycles. The lowest BCUT2D eigenvalue weighted by atomic mass is 9.99. The van der Waals surface area contributed by atoms with E-state index in [0.29, 0.717) is 0 Å². The summed E-state index contributed by atoms with van der Waals surface area (Å²) in [5.74, 6) is 1.13. The number of benzene rings is 1. The third-order valence-corrected chi connectivity index (χ3v) is 3.96. The Morgan fingerprint density at radius 2 is 2.11 bits per heavy atom. The maximum absolute atomic E-state index is 11.5. The van der Waals surface area contributed by atoms with E-state index in [2.05, 4.69) is 37.2 Å². The van der Waals surface area contributed by atoms with Gasteiger partial charge in [0.15, 0.2) is 0 Å². The van der Waals surface area contributed by atoms with Crippen molar-refractivity contribution in [3.8, 4) is 0 Å². The molecule has 0 radical (unpaired) electrons. The van der Waals surface area contributed by atoms with Gasteiger partial charge in [0.2, 0.25) is 5.91 Å². The second-order valence-electron chi connectivity index (χ2n) is 4.72. The van der Waals surface area contributed by atoms with Crippen LogP contribution in [0.3, 0.4) is 0 Å². The number of amides is 1. The summed E-state index contributed by atoms with van der Waals surface area (Å²) in [6.45, 7) is 1.48. The number of carbonyl (C=O) groups excluding carboxylic acids is 1. The third kappa shape index (κ3) is 2.30. The number of fused-ring (bicyclic) bond motifs is 1. The summed E-state index contributed by atoms with van der Waals surface area (Å²) in [6, 6.07) is 10.1. The van der Waals surface area contributed by atoms with Gasteiger partial charge >= 0.3 is 0 Å². The first-order chi connectivity index (χ1) is 9.17. The predicted octanol–water partition coefficient (Wildman–Crippen LogP) is 2.18. The Balaban J connectivity index is 1.81. The van der Waals surface area contributed by atoms with Gasteiger partial charge in [0.25, 0.3) is 0 Å². The zero-order valence-corrected chi connectivity index (χ0v) is 12.1. The quantitative estimate of drug-likeness (QED) is 0.922. The van der Waals surface area contributed by atoms with Crippen molar-refractivity contribution in [2.45, 2.75) is 0 Å². The minimum atomic E-state index is 0.0880. The Kier molecular flexibility index (Phi) is 3.14. The van der Waals surface area contributed by atoms with Crippen LogP contribution < -0.4 is 10.2 Å². The average Bonchev–Trinajstić information content (AvgIpc) is 2.36. The molecule has 0 spiro atoms. The largest absolute Gasteiger partial charge is 0.359 e. The number of rotatable bonds is 2. The van der Waals surface area contributed by atoms with Crippen LogP contribution in [0.5, 0.6) is 0 Å². The first-order valence-corrected chi connectivity index (χ1v) is 6.99. The fraction of sp³-hybridized carbons (Fsp3) is 0.286. The summed E-state index contributed by atoms with van der Waals surface area (Å²) in [7, 11) is 1.68. The number of carbonyl (C=O) groups is 1. The van der Waals surface area contributed by atoms with E-state index in [1.807, 2.05) is 24.3 Å². The molecule has 3 rings (SSSR count). The molecule has 1 fully saturated rings. The molecule has 0 atom stereocenters. The van der Waals surface area contributed by atoms with Gasteiger partial charge in [0.1, 0.15) is 5.82 Å². The van der Waals surface area contributed by atoms with Crippen LogP contribution in [0, 0.1) is 5.92 Å². The first kappa shape index (κ1) is 12.4. The molecular formula is C14H14BrN3O. The van der Waals surface area contributed by atoms with Crippen molar-refractivity contribution in [1.82, 2.24) is 10.3 Å². The second-order valence-corrected chi connectivity index (χ2v) is 5.64. The van der Waals surface area contributed by atoms with Crippen LogP contribution in [0.1, 0.15) is 0 Å². The number of hydrogen-bond acceptors (Lipinski definition) is 3. The van der Waals surface area contributed by atoms with Crippen molar-refractivity contribution in [2.75, 3.05) is 25.0 Å². The van der Waals surface area contributed by atoms with Crippen molar-refractivity contribution in [1.29, 1.82) is 0 Å². The molecule has 2 aromatic rings. The number of halogens is 1. The summed E-state index contributed by atoms with van der Waals surface area (Å²) in [4.78, 5) is 18.2. The van der Waals surface area contributed by atoms with Crippen LogP contribution in [-0.4, -0.2) is 31.0 Å². The Morgan fingerprint density at radius 3 is 2.84 bits per heavy atom. The van der Waals surface area contributed by atoms with Crippen molar-refractivity contribution < 1.29 is 4.79 Å². The third-order valence-electron chi connectivity index (χ3n) is 3.46. The highest BCUT2D eigenvalue weighted by atomic mass is 79.9. The van der Waals surface area contributed by atoms with Gasteiger partial charge in [-0.1, -0.05) is 22.0 Å². The number of aromatic nitrogens is 1. The SMILES string of the molecule is CNC(=O)C1CN(c2ccc3ccc(Br)cc3n2)C1. The molecule has 0 unspecified atom stereocenters. The summed E-state index contributed by atoms with van der Waals surface area (Å²) in [5.41, 5.74) is 0.968. The Bertz CT molecular complexity index is 638. The smallest absolute Gasteiger partial charge is 0.226 e. The van der Waals surface area contributed by atoms with Gasteiger partial charge in [-0.05, 0) is 24.3 Å². The first-order valence-electron chi connectivity index (χ1n) is 6.20. The van der Waals surface area contributed by atoms with Crippen LogP contribution in [-0.2, 0) is 4.79 Å². The number of anilines is 1. The average molecular weight is 320 g/mol. The number of pyridine rings is 1. The van der Waals surface area contributed by atoms with E-state index < -0.39 is 0 Å². The van der Waals surface area contributed by atoms with E-state index in [1.165, 1.54) is 0 Å². The van der Waals surface area contributed by atoms with Crippen LogP contribution in [0.4, 0.5) is 5.82 Å². The molecule has 0 bridgehead atoms. The number of hydrogen-bond donors (Lipinski definition) is 1. The molecule has 1 aliphatic rings. The van der Waals surface area contributed by atoms with Gasteiger partial charge in [-0.15, -0.1) is 0 Å². The minimum absolute atomic E-state index is 0.0880. The fourth-order valence-corrected chi connectivity index (χ4v) is 2.64. The fourth-order valence-electron chi connectivity index (χ4n) is 2.29. The topological polar surface area (TPSA) is 45.2 Å². The van der Waals surface area contributed by atoms with Crippen molar-refractivity contribution in [2.24, 2.45) is 5.92 Å². The van der Waals surface area contributed by atoms with Gasteiger partial charge in [-0.2, -0.15) is 0 Å². The molecule has 1 amide bonds. The monoisotopic (exact) mass is 319 g/mol. The maximum Gasteiger partial charge on any atom is 0.226 e. The van der Waals surface area contributed by atoms with Crippen molar-refractivity contribution in [3.05, 3.63) is 34.8 Å². The van der Waals surface area contributed by atoms with Gasteiger partial charge in [-0.3, -0.25) is 4.79 Å². The zero-order chi connectivity index (χ0) is 13.4. The van der Waals surface area contributed by atoms with Crippen LogP contribution in [0.25, 0.3) is 10.9 Å². The zero-order valence-electron chi connectivity index (χ0n) is 10.6. The highest BCUT2D eigenvalue weighted by Crippen LogP contribution is 2.26. The lowest BCUT2D eigenvalue weighted by molar-refractivity contribution is -0.125. The molecular weight excluding hydrogens is 306 g/mol. The molecule has 1 aliphatic heterocycles. The Morgan fingerprint density at radius 1 is 1.37 bits per heavy atom. The minimum Gasteiger partial charge on any atom is -0.359 e. The highest BCUT2D eigenvalue weighted by molar-refractivity contribution is 9.10. The molecule has 1 N–H and O–H groups in total. The lowest BCUT2D eigenvalue weighted by Crippen LogP contribution is -2.53. The molecule has 0 saturated carbocycles. The lowest BCUT2D eigenvalue weighted by Gasteiger charge is -2.38. The van der Waals surface area contributed by atoms with Crippen molar-refractivity contribution in [3.63, 3.8) is 0 Å².